The number of carboxylic acid groups (broad SMARTS) is 1. The van der Waals surface area contributed by atoms with Gasteiger partial charge in [0.15, 0.2) is 11.4 Å². The number of aromatic nitrogens is 1. The number of hydrogen-bond acceptors (Lipinski definition) is 5. The van der Waals surface area contributed by atoms with E-state index in [-0.39, 0.29) is 18.8 Å². The van der Waals surface area contributed by atoms with E-state index in [9.17, 15) is 14.7 Å². The summed E-state index contributed by atoms with van der Waals surface area (Å²) in [5.41, 5.74) is 0.125. The molecule has 22 heavy (non-hydrogen) atoms. The van der Waals surface area contributed by atoms with Crippen LogP contribution < -0.4 is 20.5 Å². The van der Waals surface area contributed by atoms with Crippen molar-refractivity contribution in [3.63, 3.8) is 0 Å². The van der Waals surface area contributed by atoms with Crippen molar-refractivity contribution in [2.45, 2.75) is 0 Å². The molecule has 0 fully saturated rings. The van der Waals surface area contributed by atoms with Gasteiger partial charge in [0.1, 0.15) is 11.8 Å². The van der Waals surface area contributed by atoms with Gasteiger partial charge in [0.2, 0.25) is 0 Å². The van der Waals surface area contributed by atoms with Crippen molar-refractivity contribution in [2.24, 2.45) is 0 Å². The van der Waals surface area contributed by atoms with E-state index in [0.29, 0.717) is 11.5 Å². The Kier molecular flexibility index (Phi) is 5.31. The molecule has 0 unspecified atom stereocenters. The van der Waals surface area contributed by atoms with Crippen LogP contribution >= 0.6 is 0 Å². The van der Waals surface area contributed by atoms with Gasteiger partial charge >= 0.3 is 0 Å². The number of benzene rings is 1. The van der Waals surface area contributed by atoms with E-state index in [0.717, 1.165) is 0 Å². The Bertz CT molecular complexity index is 646. The van der Waals surface area contributed by atoms with Crippen molar-refractivity contribution in [1.82, 2.24) is 15.6 Å². The molecular formula is C15H14N3O4-. The molecular weight excluding hydrogens is 286 g/mol. The lowest BCUT2D eigenvalue weighted by Gasteiger charge is -2.11. The molecule has 0 aliphatic heterocycles. The maximum Gasteiger partial charge on any atom is 0.273 e. The highest BCUT2D eigenvalue weighted by atomic mass is 16.5. The smallest absolute Gasteiger partial charge is 0.273 e. The standard InChI is InChI=1S/C15H15N3O4/c19-14(17-9-10-18-15(20)21)13-12(7-4-8-16-13)22-11-5-2-1-3-6-11/h1-8,18H,9-10H2,(H,17,19)(H,20,21)/p-1. The molecule has 0 bridgehead atoms. The van der Waals surface area contributed by atoms with Crippen molar-refractivity contribution in [3.05, 3.63) is 54.4 Å². The van der Waals surface area contributed by atoms with Crippen LogP contribution in [0.4, 0.5) is 4.79 Å². The highest BCUT2D eigenvalue weighted by molar-refractivity contribution is 5.94. The second-order valence-electron chi connectivity index (χ2n) is 4.24. The summed E-state index contributed by atoms with van der Waals surface area (Å²) in [6.07, 6.45) is 0.0896. The first-order valence-electron chi connectivity index (χ1n) is 6.58. The van der Waals surface area contributed by atoms with E-state index in [4.69, 9.17) is 4.74 Å². The van der Waals surface area contributed by atoms with Gasteiger partial charge in [0, 0.05) is 19.3 Å². The van der Waals surface area contributed by atoms with Gasteiger partial charge in [-0.3, -0.25) is 4.79 Å². The molecule has 7 heteroatoms. The Hall–Kier alpha value is -3.09. The van der Waals surface area contributed by atoms with Crippen LogP contribution in [0.25, 0.3) is 0 Å². The number of carbonyl (C=O) groups is 2. The lowest BCUT2D eigenvalue weighted by Crippen LogP contribution is -2.41. The molecule has 7 nitrogen and oxygen atoms in total. The van der Waals surface area contributed by atoms with Crippen LogP contribution in [0, 0.1) is 0 Å². The van der Waals surface area contributed by atoms with Crippen molar-refractivity contribution >= 4 is 12.0 Å². The summed E-state index contributed by atoms with van der Waals surface area (Å²) in [4.78, 5) is 26.3. The molecule has 0 radical (unpaired) electrons. The van der Waals surface area contributed by atoms with Gasteiger partial charge in [-0.1, -0.05) is 18.2 Å². The van der Waals surface area contributed by atoms with Gasteiger partial charge in [0.05, 0.1) is 0 Å². The van der Waals surface area contributed by atoms with Crippen LogP contribution in [-0.2, 0) is 0 Å². The van der Waals surface area contributed by atoms with E-state index >= 15 is 0 Å². The van der Waals surface area contributed by atoms with Crippen LogP contribution in [0.3, 0.4) is 0 Å². The van der Waals surface area contributed by atoms with Gasteiger partial charge in [-0.05, 0) is 24.3 Å². The number of ether oxygens (including phenoxy) is 1. The second kappa shape index (κ2) is 7.63. The first-order valence-corrected chi connectivity index (χ1v) is 6.58. The normalized spacial score (nSPS) is 9.82. The summed E-state index contributed by atoms with van der Waals surface area (Å²) in [7, 11) is 0. The molecule has 2 N–H and O–H groups in total. The first-order chi connectivity index (χ1) is 10.7. The summed E-state index contributed by atoms with van der Waals surface area (Å²) in [5, 5.41) is 14.8. The fraction of sp³-hybridized carbons (Fsp3) is 0.133. The van der Waals surface area contributed by atoms with Crippen molar-refractivity contribution < 1.29 is 19.4 Å². The van der Waals surface area contributed by atoms with Gasteiger partial charge in [-0.2, -0.15) is 0 Å². The van der Waals surface area contributed by atoms with Gasteiger partial charge in [-0.15, -0.1) is 0 Å². The van der Waals surface area contributed by atoms with E-state index in [1.807, 2.05) is 23.5 Å². The zero-order valence-corrected chi connectivity index (χ0v) is 11.6. The molecule has 0 atom stereocenters. The van der Waals surface area contributed by atoms with E-state index in [1.165, 1.54) is 6.20 Å². The largest absolute Gasteiger partial charge is 0.530 e. The SMILES string of the molecule is O=C([O-])NCCNC(=O)c1ncccc1Oc1ccccc1. The maximum absolute atomic E-state index is 12.1. The average molecular weight is 300 g/mol. The fourth-order valence-corrected chi connectivity index (χ4v) is 1.68. The zero-order valence-electron chi connectivity index (χ0n) is 11.6. The van der Waals surface area contributed by atoms with Gasteiger partial charge in [0.25, 0.3) is 5.91 Å². The molecule has 1 heterocycles. The Morgan fingerprint density at radius 3 is 2.50 bits per heavy atom. The van der Waals surface area contributed by atoms with Crippen LogP contribution in [-0.4, -0.2) is 30.1 Å². The number of carbonyl (C=O) groups excluding carboxylic acids is 2. The molecule has 0 aliphatic carbocycles. The number of nitrogens with zero attached hydrogens (tertiary/aromatic N) is 1. The quantitative estimate of drug-likeness (QED) is 0.758. The molecule has 1 aromatic heterocycles. The third-order valence-electron chi connectivity index (χ3n) is 2.64. The monoisotopic (exact) mass is 300 g/mol. The number of pyridine rings is 1. The lowest BCUT2D eigenvalue weighted by atomic mass is 10.3. The molecule has 0 saturated heterocycles. The molecule has 1 aromatic carbocycles. The van der Waals surface area contributed by atoms with Gasteiger partial charge in [-0.25, -0.2) is 4.98 Å². The minimum atomic E-state index is -1.39. The summed E-state index contributed by atoms with van der Waals surface area (Å²) >= 11 is 0. The van der Waals surface area contributed by atoms with Crippen molar-refractivity contribution in [3.8, 4) is 11.5 Å². The van der Waals surface area contributed by atoms with Crippen molar-refractivity contribution in [2.75, 3.05) is 13.1 Å². The first kappa shape index (κ1) is 15.3. The second-order valence-corrected chi connectivity index (χ2v) is 4.24. The van der Waals surface area contributed by atoms with Crippen LogP contribution in [0.1, 0.15) is 10.5 Å². The van der Waals surface area contributed by atoms with Crippen LogP contribution in [0.2, 0.25) is 0 Å². The van der Waals surface area contributed by atoms with E-state index in [1.54, 1.807) is 24.3 Å². The highest BCUT2D eigenvalue weighted by Gasteiger charge is 2.14. The Labute approximate surface area is 126 Å². The van der Waals surface area contributed by atoms with Gasteiger partial charge < -0.3 is 25.3 Å². The van der Waals surface area contributed by atoms with E-state index in [2.05, 4.69) is 10.3 Å². The molecule has 0 aliphatic rings. The number of nitrogens with one attached hydrogen (secondary N) is 2. The lowest BCUT2D eigenvalue weighted by molar-refractivity contribution is -0.250. The minimum absolute atomic E-state index is 0.0514. The van der Waals surface area contributed by atoms with E-state index < -0.39 is 12.0 Å². The highest BCUT2D eigenvalue weighted by Crippen LogP contribution is 2.23. The molecule has 2 amide bonds. The number of rotatable bonds is 6. The zero-order chi connectivity index (χ0) is 15.8. The number of para-hydroxylation sites is 1. The van der Waals surface area contributed by atoms with Crippen LogP contribution in [0.5, 0.6) is 11.5 Å². The topological polar surface area (TPSA) is 103 Å². The van der Waals surface area contributed by atoms with Crippen molar-refractivity contribution in [1.29, 1.82) is 0 Å². The molecule has 2 aromatic rings. The summed E-state index contributed by atoms with van der Waals surface area (Å²) in [6.45, 7) is 0.171. The Morgan fingerprint density at radius 2 is 1.77 bits per heavy atom. The fourth-order valence-electron chi connectivity index (χ4n) is 1.68. The summed E-state index contributed by atoms with van der Waals surface area (Å²) < 4.78 is 5.63. The Morgan fingerprint density at radius 1 is 1.05 bits per heavy atom. The minimum Gasteiger partial charge on any atom is -0.530 e. The molecule has 0 spiro atoms. The third-order valence-corrected chi connectivity index (χ3v) is 2.64. The average Bonchev–Trinajstić information content (AvgIpc) is 2.53. The third kappa shape index (κ3) is 4.48. The summed E-state index contributed by atoms with van der Waals surface area (Å²) in [5.74, 6) is 0.453. The molecule has 2 rings (SSSR count). The predicted molar refractivity (Wildman–Crippen MR) is 76.5 cm³/mol. The Balaban J connectivity index is 2.01. The van der Waals surface area contributed by atoms with Crippen LogP contribution in [0.15, 0.2) is 48.7 Å². The number of amides is 2. The number of hydrogen-bond donors (Lipinski definition) is 2. The summed E-state index contributed by atoms with van der Waals surface area (Å²) in [6, 6.07) is 12.3. The molecule has 0 saturated carbocycles. The molecule has 114 valence electrons. The predicted octanol–water partition coefficient (Wildman–Crippen LogP) is 0.537. The maximum atomic E-state index is 12.1.